The quantitative estimate of drug-likeness (QED) is 0.475. The van der Waals surface area contributed by atoms with Crippen molar-refractivity contribution in [3.63, 3.8) is 0 Å². The summed E-state index contributed by atoms with van der Waals surface area (Å²) in [5.41, 5.74) is 1.10. The maximum atomic E-state index is 12.9. The van der Waals surface area contributed by atoms with E-state index in [0.29, 0.717) is 24.5 Å². The van der Waals surface area contributed by atoms with Crippen molar-refractivity contribution in [2.75, 3.05) is 6.61 Å². The van der Waals surface area contributed by atoms with Crippen molar-refractivity contribution in [2.24, 2.45) is 22.7 Å². The minimum atomic E-state index is -0.556. The Labute approximate surface area is 142 Å². The lowest BCUT2D eigenvalue weighted by Gasteiger charge is -2.60. The van der Waals surface area contributed by atoms with Gasteiger partial charge in [0.05, 0.1) is 23.8 Å². The Hall–Kier alpha value is -1.84. The average Bonchev–Trinajstić information content (AvgIpc) is 3.09. The molecular weight excluding hydrogens is 304 g/mol. The topological polar surface area (TPSA) is 56.5 Å². The van der Waals surface area contributed by atoms with E-state index in [1.54, 1.807) is 6.07 Å². The van der Waals surface area contributed by atoms with E-state index in [4.69, 9.17) is 9.15 Å². The Balaban J connectivity index is 1.72. The molecule has 4 rings (SSSR count). The van der Waals surface area contributed by atoms with Crippen LogP contribution in [-0.4, -0.2) is 18.4 Å². The normalized spacial score (nSPS) is 38.4. The highest BCUT2D eigenvalue weighted by Crippen LogP contribution is 2.64. The molecule has 128 valence electrons. The molecule has 4 atom stereocenters. The highest BCUT2D eigenvalue weighted by molar-refractivity contribution is 5.96. The van der Waals surface area contributed by atoms with Crippen LogP contribution in [0.5, 0.6) is 0 Å². The Bertz CT molecular complexity index is 689. The molecule has 2 saturated carbocycles. The lowest BCUT2D eigenvalue weighted by atomic mass is 9.45. The van der Waals surface area contributed by atoms with Crippen molar-refractivity contribution >= 4 is 11.8 Å². The van der Waals surface area contributed by atoms with Gasteiger partial charge in [0.25, 0.3) is 0 Å². The number of hydrogen-bond acceptors (Lipinski definition) is 4. The SMILES string of the molecule is C=C1CC[C@@H]2[C@]3(C)CCC[C@@]2(C(=O)OC3)[C@@H]1CC(=O)c1ccoc1. The van der Waals surface area contributed by atoms with E-state index in [9.17, 15) is 9.59 Å². The van der Waals surface area contributed by atoms with Gasteiger partial charge in [0.1, 0.15) is 6.26 Å². The van der Waals surface area contributed by atoms with Crippen molar-refractivity contribution in [1.82, 2.24) is 0 Å². The minimum absolute atomic E-state index is 0.0237. The number of ether oxygens (including phenoxy) is 1. The third-order valence-electron chi connectivity index (χ3n) is 6.82. The largest absolute Gasteiger partial charge is 0.472 e. The fourth-order valence-corrected chi connectivity index (χ4v) is 5.62. The van der Waals surface area contributed by atoms with Crippen LogP contribution < -0.4 is 0 Å². The zero-order valence-corrected chi connectivity index (χ0v) is 14.2. The Kier molecular flexibility index (Phi) is 3.48. The lowest BCUT2D eigenvalue weighted by molar-refractivity contribution is -0.207. The second kappa shape index (κ2) is 5.33. The number of furan rings is 1. The summed E-state index contributed by atoms with van der Waals surface area (Å²) < 4.78 is 10.7. The molecule has 4 heteroatoms. The number of ketones is 1. The second-order valence-corrected chi connectivity index (χ2v) is 8.07. The summed E-state index contributed by atoms with van der Waals surface area (Å²) in [6.07, 6.45) is 8.13. The third kappa shape index (κ3) is 2.04. The van der Waals surface area contributed by atoms with E-state index in [1.165, 1.54) is 12.5 Å². The number of allylic oxidation sites excluding steroid dienone is 1. The molecule has 0 radical (unpaired) electrons. The van der Waals surface area contributed by atoms with Crippen molar-refractivity contribution < 1.29 is 18.7 Å². The Morgan fingerprint density at radius 2 is 2.25 bits per heavy atom. The standard InChI is InChI=1S/C20H24O4/c1-13-4-5-17-19(2)7-3-8-20(17,18(22)24-12-19)15(13)10-16(21)14-6-9-23-11-14/h6,9,11,15,17H,1,3-5,7-8,10,12H2,2H3/t15-,17-,19-,20-/m1/s1. The van der Waals surface area contributed by atoms with E-state index >= 15 is 0 Å². The summed E-state index contributed by atoms with van der Waals surface area (Å²) in [5, 5.41) is 0. The summed E-state index contributed by atoms with van der Waals surface area (Å²) >= 11 is 0. The Morgan fingerprint density at radius 3 is 3.00 bits per heavy atom. The third-order valence-corrected chi connectivity index (χ3v) is 6.82. The first-order valence-corrected chi connectivity index (χ1v) is 8.88. The molecule has 24 heavy (non-hydrogen) atoms. The summed E-state index contributed by atoms with van der Waals surface area (Å²) in [4.78, 5) is 25.6. The summed E-state index contributed by atoms with van der Waals surface area (Å²) in [6.45, 7) is 7.01. The van der Waals surface area contributed by atoms with Gasteiger partial charge in [-0.15, -0.1) is 0 Å². The van der Waals surface area contributed by atoms with Gasteiger partial charge in [-0.05, 0) is 37.7 Å². The number of carbonyl (C=O) groups excluding carboxylic acids is 2. The van der Waals surface area contributed by atoms with Gasteiger partial charge >= 0.3 is 5.97 Å². The van der Waals surface area contributed by atoms with Crippen molar-refractivity contribution in [2.45, 2.75) is 45.4 Å². The van der Waals surface area contributed by atoms with Gasteiger partial charge in [-0.2, -0.15) is 0 Å². The first-order chi connectivity index (χ1) is 11.5. The van der Waals surface area contributed by atoms with Gasteiger partial charge in [0, 0.05) is 17.8 Å². The van der Waals surface area contributed by atoms with Gasteiger partial charge in [-0.25, -0.2) is 0 Å². The van der Waals surface area contributed by atoms with Gasteiger partial charge < -0.3 is 9.15 Å². The maximum absolute atomic E-state index is 12.9. The zero-order chi connectivity index (χ0) is 16.9. The van der Waals surface area contributed by atoms with E-state index in [2.05, 4.69) is 13.5 Å². The Morgan fingerprint density at radius 1 is 1.42 bits per heavy atom. The van der Waals surface area contributed by atoms with Gasteiger partial charge in [0.2, 0.25) is 0 Å². The van der Waals surface area contributed by atoms with Crippen molar-refractivity contribution in [1.29, 1.82) is 0 Å². The molecule has 0 amide bonds. The minimum Gasteiger partial charge on any atom is -0.472 e. The number of Topliss-reactive ketones (excluding diaryl/α,β-unsaturated/α-hetero) is 1. The second-order valence-electron chi connectivity index (χ2n) is 8.07. The van der Waals surface area contributed by atoms with Gasteiger partial charge in [0.15, 0.2) is 5.78 Å². The number of hydrogen-bond donors (Lipinski definition) is 0. The van der Waals surface area contributed by atoms with Gasteiger partial charge in [-0.1, -0.05) is 25.5 Å². The molecule has 1 aromatic heterocycles. The van der Waals surface area contributed by atoms with Gasteiger partial charge in [-0.3, -0.25) is 9.59 Å². The van der Waals surface area contributed by atoms with E-state index in [0.717, 1.165) is 37.7 Å². The van der Waals surface area contributed by atoms with Crippen LogP contribution in [-0.2, 0) is 9.53 Å². The molecule has 1 aromatic rings. The number of cyclic esters (lactones) is 1. The van der Waals surface area contributed by atoms with Crippen LogP contribution in [0.3, 0.4) is 0 Å². The molecular formula is C20H24O4. The molecule has 0 aromatic carbocycles. The van der Waals surface area contributed by atoms with Crippen LogP contribution in [0.15, 0.2) is 35.2 Å². The van der Waals surface area contributed by atoms with Crippen LogP contribution >= 0.6 is 0 Å². The van der Waals surface area contributed by atoms with E-state index in [-0.39, 0.29) is 23.1 Å². The monoisotopic (exact) mass is 328 g/mol. The molecule has 0 N–H and O–H groups in total. The van der Waals surface area contributed by atoms with Crippen LogP contribution in [0.2, 0.25) is 0 Å². The molecule has 1 saturated heterocycles. The number of rotatable bonds is 3. The van der Waals surface area contributed by atoms with Crippen LogP contribution in [0, 0.1) is 22.7 Å². The van der Waals surface area contributed by atoms with E-state index in [1.807, 2.05) is 0 Å². The van der Waals surface area contributed by atoms with Crippen LogP contribution in [0.4, 0.5) is 0 Å². The van der Waals surface area contributed by atoms with Crippen LogP contribution in [0.25, 0.3) is 0 Å². The van der Waals surface area contributed by atoms with Crippen molar-refractivity contribution in [3.8, 4) is 0 Å². The molecule has 0 unspecified atom stereocenters. The molecule has 2 bridgehead atoms. The van der Waals surface area contributed by atoms with Crippen molar-refractivity contribution in [3.05, 3.63) is 36.3 Å². The molecule has 0 spiro atoms. The predicted molar refractivity (Wildman–Crippen MR) is 88.4 cm³/mol. The predicted octanol–water partition coefficient (Wildman–Crippen LogP) is 4.17. The smallest absolute Gasteiger partial charge is 0.313 e. The first kappa shape index (κ1) is 15.7. The molecule has 1 aliphatic heterocycles. The fourth-order valence-electron chi connectivity index (χ4n) is 5.62. The number of carbonyl (C=O) groups is 2. The van der Waals surface area contributed by atoms with Crippen LogP contribution in [0.1, 0.15) is 55.8 Å². The molecule has 3 aliphatic rings. The molecule has 2 aliphatic carbocycles. The molecule has 2 heterocycles. The highest BCUT2D eigenvalue weighted by Gasteiger charge is 2.64. The lowest BCUT2D eigenvalue weighted by Crippen LogP contribution is -2.62. The zero-order valence-electron chi connectivity index (χ0n) is 14.2. The molecule has 3 fully saturated rings. The summed E-state index contributed by atoms with van der Waals surface area (Å²) in [6, 6.07) is 1.69. The average molecular weight is 328 g/mol. The summed E-state index contributed by atoms with van der Waals surface area (Å²) in [5.74, 6) is 0.102. The fraction of sp³-hybridized carbons (Fsp3) is 0.600. The summed E-state index contributed by atoms with van der Waals surface area (Å²) in [7, 11) is 0. The highest BCUT2D eigenvalue weighted by atomic mass is 16.5. The van der Waals surface area contributed by atoms with E-state index < -0.39 is 5.41 Å². The first-order valence-electron chi connectivity index (χ1n) is 8.88. The molecule has 4 nitrogen and oxygen atoms in total. The number of esters is 1. The maximum Gasteiger partial charge on any atom is 0.313 e.